The van der Waals surface area contributed by atoms with Crippen molar-refractivity contribution < 1.29 is 5.11 Å². The molecule has 1 N–H and O–H groups in total. The molecule has 1 aromatic rings. The smallest absolute Gasteiger partial charge is 0.159 e. The Labute approximate surface area is 72.0 Å². The molecule has 0 amide bonds. The van der Waals surface area contributed by atoms with Gasteiger partial charge in [-0.05, 0) is 15.9 Å². The first-order chi connectivity index (χ1) is 4.74. The number of nitrogens with zero attached hydrogens (tertiary/aromatic N) is 1. The topological polar surface area (TPSA) is 33.1 Å². The fourth-order valence-electron chi connectivity index (χ4n) is 0.582. The van der Waals surface area contributed by atoms with E-state index < -0.39 is 0 Å². The number of hydrogen-bond donors (Lipinski definition) is 1. The summed E-state index contributed by atoms with van der Waals surface area (Å²) >= 11 is 4.82. The lowest BCUT2D eigenvalue weighted by Gasteiger charge is -2.00. The van der Waals surface area contributed by atoms with E-state index in [4.69, 9.17) is 5.11 Å². The molecule has 0 saturated carbocycles. The van der Waals surface area contributed by atoms with E-state index in [1.165, 1.54) is 0 Å². The molecule has 0 aliphatic carbocycles. The highest BCUT2D eigenvalue weighted by Gasteiger charge is 2.06. The van der Waals surface area contributed by atoms with Crippen molar-refractivity contribution in [1.82, 2.24) is 4.98 Å². The predicted octanol–water partition coefficient (Wildman–Crippen LogP) is 2.00. The Morgan fingerprint density at radius 1 is 1.90 bits per heavy atom. The molecule has 0 saturated heterocycles. The van der Waals surface area contributed by atoms with Crippen molar-refractivity contribution in [3.05, 3.63) is 15.0 Å². The van der Waals surface area contributed by atoms with E-state index in [-0.39, 0.29) is 12.5 Å². The summed E-state index contributed by atoms with van der Waals surface area (Å²) in [5.74, 6) is 0.212. The lowest BCUT2D eigenvalue weighted by Crippen LogP contribution is -1.94. The summed E-state index contributed by atoms with van der Waals surface area (Å²) in [4.78, 5) is 5.13. The summed E-state index contributed by atoms with van der Waals surface area (Å²) in [5, 5.41) is 8.76. The third-order valence-electron chi connectivity index (χ3n) is 1.25. The predicted molar refractivity (Wildman–Crippen MR) is 45.3 cm³/mol. The van der Waals surface area contributed by atoms with Gasteiger partial charge in [0, 0.05) is 17.0 Å². The molecule has 0 radical (unpaired) electrons. The molecule has 56 valence electrons. The van der Waals surface area contributed by atoms with Crippen molar-refractivity contribution in [3.8, 4) is 0 Å². The van der Waals surface area contributed by atoms with Gasteiger partial charge in [0.15, 0.2) is 3.92 Å². The number of halogens is 1. The van der Waals surface area contributed by atoms with Crippen LogP contribution in [0.25, 0.3) is 0 Å². The average Bonchev–Trinajstić information content (AvgIpc) is 2.34. The van der Waals surface area contributed by atoms with Crippen LogP contribution < -0.4 is 0 Å². The number of aliphatic hydroxyl groups is 1. The van der Waals surface area contributed by atoms with Gasteiger partial charge in [0.1, 0.15) is 0 Å². The normalized spacial score (nSPS) is 13.5. The summed E-state index contributed by atoms with van der Waals surface area (Å²) in [7, 11) is 0. The van der Waals surface area contributed by atoms with Gasteiger partial charge in [-0.25, -0.2) is 4.98 Å². The largest absolute Gasteiger partial charge is 0.396 e. The number of hydrogen-bond acceptors (Lipinski definition) is 3. The second kappa shape index (κ2) is 3.46. The second-order valence-corrected chi connectivity index (χ2v) is 4.44. The number of aromatic nitrogens is 1. The molecular formula is C6H8BrNOS. The average molecular weight is 222 g/mol. The highest BCUT2D eigenvalue weighted by Crippen LogP contribution is 2.24. The van der Waals surface area contributed by atoms with E-state index in [0.717, 1.165) is 8.79 Å². The molecule has 10 heavy (non-hydrogen) atoms. The maximum atomic E-state index is 8.76. The quantitative estimate of drug-likeness (QED) is 0.830. The van der Waals surface area contributed by atoms with Gasteiger partial charge in [0.25, 0.3) is 0 Å². The molecule has 0 aliphatic heterocycles. The third-order valence-corrected chi connectivity index (χ3v) is 2.96. The Hall–Kier alpha value is 0.0700. The van der Waals surface area contributed by atoms with Gasteiger partial charge in [-0.1, -0.05) is 6.92 Å². The first-order valence-electron chi connectivity index (χ1n) is 2.96. The molecular weight excluding hydrogens is 214 g/mol. The first kappa shape index (κ1) is 8.17. The highest BCUT2D eigenvalue weighted by atomic mass is 79.9. The van der Waals surface area contributed by atoms with Gasteiger partial charge in [0.2, 0.25) is 0 Å². The molecule has 1 rings (SSSR count). The minimum Gasteiger partial charge on any atom is -0.396 e. The minimum atomic E-state index is 0.189. The number of aliphatic hydroxyl groups excluding tert-OH is 1. The van der Waals surface area contributed by atoms with E-state index in [1.54, 1.807) is 17.5 Å². The van der Waals surface area contributed by atoms with Gasteiger partial charge in [0.05, 0.1) is 6.61 Å². The summed E-state index contributed by atoms with van der Waals surface area (Å²) in [6.45, 7) is 2.16. The standard InChI is InChI=1S/C6H8BrNOS/c1-4(3-9)5-2-8-6(7)10-5/h2,4,9H,3H2,1H3/t4-/m0/s1. The molecule has 0 fully saturated rings. The third kappa shape index (κ3) is 1.78. The van der Waals surface area contributed by atoms with Gasteiger partial charge in [-0.2, -0.15) is 0 Å². The fourth-order valence-corrected chi connectivity index (χ4v) is 1.93. The van der Waals surface area contributed by atoms with Crippen LogP contribution in [0, 0.1) is 0 Å². The maximum Gasteiger partial charge on any atom is 0.159 e. The van der Waals surface area contributed by atoms with Crippen LogP contribution in [0.5, 0.6) is 0 Å². The van der Waals surface area contributed by atoms with Crippen LogP contribution in [0.3, 0.4) is 0 Å². The Morgan fingerprint density at radius 2 is 2.60 bits per heavy atom. The first-order valence-corrected chi connectivity index (χ1v) is 4.57. The van der Waals surface area contributed by atoms with Crippen molar-refractivity contribution in [2.75, 3.05) is 6.61 Å². The van der Waals surface area contributed by atoms with Gasteiger partial charge < -0.3 is 5.11 Å². The van der Waals surface area contributed by atoms with Gasteiger partial charge in [-0.3, -0.25) is 0 Å². The molecule has 4 heteroatoms. The fraction of sp³-hybridized carbons (Fsp3) is 0.500. The Balaban J connectivity index is 2.74. The monoisotopic (exact) mass is 221 g/mol. The summed E-state index contributed by atoms with van der Waals surface area (Å²) in [6.07, 6.45) is 1.79. The van der Waals surface area contributed by atoms with Crippen LogP contribution in [-0.2, 0) is 0 Å². The Bertz CT molecular complexity index is 213. The lowest BCUT2D eigenvalue weighted by molar-refractivity contribution is 0.274. The Kier molecular flexibility index (Phi) is 2.82. The maximum absolute atomic E-state index is 8.76. The summed E-state index contributed by atoms with van der Waals surface area (Å²) < 4.78 is 0.878. The van der Waals surface area contributed by atoms with E-state index >= 15 is 0 Å². The number of thiazole rings is 1. The van der Waals surface area contributed by atoms with Gasteiger partial charge in [-0.15, -0.1) is 11.3 Å². The minimum absolute atomic E-state index is 0.189. The zero-order valence-electron chi connectivity index (χ0n) is 5.54. The van der Waals surface area contributed by atoms with E-state index in [0.29, 0.717) is 0 Å². The summed E-state index contributed by atoms with van der Waals surface area (Å²) in [5.41, 5.74) is 0. The van der Waals surface area contributed by atoms with Crippen LogP contribution in [0.2, 0.25) is 0 Å². The molecule has 0 bridgehead atoms. The van der Waals surface area contributed by atoms with Crippen molar-refractivity contribution in [3.63, 3.8) is 0 Å². The molecule has 1 heterocycles. The van der Waals surface area contributed by atoms with Crippen LogP contribution in [-0.4, -0.2) is 16.7 Å². The zero-order chi connectivity index (χ0) is 7.56. The lowest BCUT2D eigenvalue weighted by atomic mass is 10.2. The molecule has 0 spiro atoms. The Morgan fingerprint density at radius 3 is 3.00 bits per heavy atom. The van der Waals surface area contributed by atoms with Crippen molar-refractivity contribution in [1.29, 1.82) is 0 Å². The SMILES string of the molecule is C[C@@H](CO)c1cnc(Br)s1. The van der Waals surface area contributed by atoms with Crippen molar-refractivity contribution in [2.24, 2.45) is 0 Å². The molecule has 1 aromatic heterocycles. The van der Waals surface area contributed by atoms with Crippen molar-refractivity contribution in [2.45, 2.75) is 12.8 Å². The molecule has 0 aromatic carbocycles. The van der Waals surface area contributed by atoms with Crippen molar-refractivity contribution >= 4 is 27.3 Å². The summed E-state index contributed by atoms with van der Waals surface area (Å²) in [6, 6.07) is 0. The van der Waals surface area contributed by atoms with Crippen LogP contribution in [0.4, 0.5) is 0 Å². The molecule has 0 aliphatic rings. The molecule has 0 unspecified atom stereocenters. The second-order valence-electron chi connectivity index (χ2n) is 2.10. The van der Waals surface area contributed by atoms with Crippen LogP contribution in [0.15, 0.2) is 10.1 Å². The van der Waals surface area contributed by atoms with E-state index in [2.05, 4.69) is 20.9 Å². The highest BCUT2D eigenvalue weighted by molar-refractivity contribution is 9.11. The molecule has 1 atom stereocenters. The van der Waals surface area contributed by atoms with E-state index in [9.17, 15) is 0 Å². The zero-order valence-corrected chi connectivity index (χ0v) is 7.94. The van der Waals surface area contributed by atoms with Crippen LogP contribution in [0.1, 0.15) is 17.7 Å². The molecule has 2 nitrogen and oxygen atoms in total. The van der Waals surface area contributed by atoms with Crippen LogP contribution >= 0.6 is 27.3 Å². The van der Waals surface area contributed by atoms with Gasteiger partial charge >= 0.3 is 0 Å². The van der Waals surface area contributed by atoms with E-state index in [1.807, 2.05) is 6.92 Å². The number of rotatable bonds is 2.